The first-order valence-corrected chi connectivity index (χ1v) is 19.0. The lowest BCUT2D eigenvalue weighted by Gasteiger charge is -2.38. The minimum Gasteiger partial charge on any atom is -0.355 e. The summed E-state index contributed by atoms with van der Waals surface area (Å²) >= 11 is -2.39. The van der Waals surface area contributed by atoms with Crippen LogP contribution in [0.25, 0.3) is 0 Å². The molecule has 1 rings (SSSR count). The molecular formula is C36H63N7O8S. The van der Waals surface area contributed by atoms with E-state index >= 15 is 0 Å². The third kappa shape index (κ3) is 15.2. The van der Waals surface area contributed by atoms with Gasteiger partial charge in [-0.15, -0.1) is 6.58 Å². The highest BCUT2D eigenvalue weighted by Gasteiger charge is 2.46. The summed E-state index contributed by atoms with van der Waals surface area (Å²) in [7, 11) is 0. The Labute approximate surface area is 312 Å². The van der Waals surface area contributed by atoms with Gasteiger partial charge in [-0.1, -0.05) is 79.0 Å². The van der Waals surface area contributed by atoms with Crippen molar-refractivity contribution in [2.75, 3.05) is 32.7 Å². The number of urea groups is 1. The van der Waals surface area contributed by atoms with Gasteiger partial charge in [-0.2, -0.15) is 4.31 Å². The van der Waals surface area contributed by atoms with Crippen molar-refractivity contribution in [3.8, 4) is 0 Å². The van der Waals surface area contributed by atoms with Crippen LogP contribution in [0.5, 0.6) is 0 Å². The van der Waals surface area contributed by atoms with Crippen LogP contribution in [0, 0.1) is 16.7 Å². The molecule has 0 aromatic rings. The van der Waals surface area contributed by atoms with Gasteiger partial charge >= 0.3 is 6.03 Å². The lowest BCUT2D eigenvalue weighted by atomic mass is 9.85. The highest BCUT2D eigenvalue weighted by molar-refractivity contribution is 7.76. The fraction of sp³-hybridized carbons (Fsp3) is 0.722. The summed E-state index contributed by atoms with van der Waals surface area (Å²) < 4.78 is 23.3. The molecule has 1 aliphatic heterocycles. The van der Waals surface area contributed by atoms with Gasteiger partial charge < -0.3 is 31.5 Å². The third-order valence-corrected chi connectivity index (χ3v) is 9.51. The van der Waals surface area contributed by atoms with Crippen LogP contribution in [-0.2, 0) is 35.2 Å². The Morgan fingerprint density at radius 2 is 1.62 bits per heavy atom. The molecule has 3 unspecified atom stereocenters. The Hall–Kier alpha value is -3.63. The van der Waals surface area contributed by atoms with E-state index in [-0.39, 0.29) is 51.0 Å². The molecule has 52 heavy (non-hydrogen) atoms. The first-order chi connectivity index (χ1) is 24.0. The monoisotopic (exact) mass is 753 g/mol. The van der Waals surface area contributed by atoms with E-state index in [4.69, 9.17) is 0 Å². The minimum atomic E-state index is -2.39. The number of nitrogens with one attached hydrogen (secondary N) is 5. The fourth-order valence-corrected chi connectivity index (χ4v) is 6.35. The van der Waals surface area contributed by atoms with Crippen LogP contribution >= 0.6 is 0 Å². The number of carbonyl (C=O) groups is 6. The van der Waals surface area contributed by atoms with Crippen molar-refractivity contribution >= 4 is 46.7 Å². The van der Waals surface area contributed by atoms with E-state index in [9.17, 15) is 37.5 Å². The number of carbonyl (C=O) groups excluding carboxylic acids is 6. The first kappa shape index (κ1) is 46.4. The van der Waals surface area contributed by atoms with Crippen molar-refractivity contribution in [1.82, 2.24) is 35.8 Å². The predicted molar refractivity (Wildman–Crippen MR) is 202 cm³/mol. The van der Waals surface area contributed by atoms with Gasteiger partial charge in [0, 0.05) is 51.6 Å². The maximum atomic E-state index is 14.4. The van der Waals surface area contributed by atoms with Crippen LogP contribution in [0.4, 0.5) is 4.79 Å². The first-order valence-electron chi connectivity index (χ1n) is 17.9. The second-order valence-corrected chi connectivity index (χ2v) is 16.7. The third-order valence-electron chi connectivity index (χ3n) is 8.74. The van der Waals surface area contributed by atoms with E-state index in [1.165, 1.54) is 22.2 Å². The topological polar surface area (TPSA) is 206 Å². The average molecular weight is 754 g/mol. The minimum absolute atomic E-state index is 0.0317. The number of nitrogens with zero attached hydrogens (tertiary/aromatic N) is 2. The Morgan fingerprint density at radius 1 is 0.981 bits per heavy atom. The van der Waals surface area contributed by atoms with E-state index in [1.807, 2.05) is 47.6 Å². The molecular weight excluding hydrogens is 691 g/mol. The molecule has 0 spiro atoms. The average Bonchev–Trinajstić information content (AvgIpc) is 3.44. The van der Waals surface area contributed by atoms with E-state index in [0.717, 1.165) is 12.0 Å². The number of Topliss-reactive ketones (excluding diaryl/α,β-unsaturated/α-hetero) is 1. The van der Waals surface area contributed by atoms with Crippen molar-refractivity contribution in [2.45, 2.75) is 119 Å². The molecule has 0 aliphatic carbocycles. The Balaban J connectivity index is 3.40. The molecule has 0 aromatic heterocycles. The van der Waals surface area contributed by atoms with Gasteiger partial charge in [-0.05, 0) is 37.5 Å². The fourth-order valence-electron chi connectivity index (χ4n) is 5.82. The van der Waals surface area contributed by atoms with E-state index in [1.54, 1.807) is 20.8 Å². The van der Waals surface area contributed by atoms with E-state index in [0.29, 0.717) is 12.8 Å². The molecule has 1 fully saturated rings. The lowest BCUT2D eigenvalue weighted by Crippen LogP contribution is -2.62. The molecule has 0 aromatic carbocycles. The zero-order valence-electron chi connectivity index (χ0n) is 32.7. The number of unbranched alkanes of at least 4 members (excludes halogenated alkanes) is 1. The summed E-state index contributed by atoms with van der Waals surface area (Å²) in [5.74, 6) is -3.34. The summed E-state index contributed by atoms with van der Waals surface area (Å²) in [5, 5.41) is 13.5. The zero-order chi connectivity index (χ0) is 40.0. The number of ketones is 1. The standard InChI is InChI=1S/C36H63N7O8S/c1-12-14-15-26(29(45)32(47)38-17-13-2)39-31(46)28-25(21-23(3)4)16-19-43(28)33(48)30(36(9,10)11)41-34(49)40-27(35(6,7)8)22-42(52(50)51)20-18-37-24(5)44/h13,21,25-28,30H,2,12,14-20,22H2,1,3-11H3,(H,37,44)(H,38,47)(H,39,46)(H,50,51)(H2,40,41,49)/t25?,26?,27-,28+,30-/m1/s1. The second-order valence-electron chi connectivity index (χ2n) is 15.7. The smallest absolute Gasteiger partial charge is 0.315 e. The van der Waals surface area contributed by atoms with Gasteiger partial charge in [0.25, 0.3) is 5.91 Å². The number of hydrogen-bond donors (Lipinski definition) is 6. The normalized spacial score (nSPS) is 18.3. The summed E-state index contributed by atoms with van der Waals surface area (Å²) in [6.07, 6.45) is 5.38. The largest absolute Gasteiger partial charge is 0.355 e. The van der Waals surface area contributed by atoms with Crippen LogP contribution in [-0.4, -0.2) is 110 Å². The van der Waals surface area contributed by atoms with Gasteiger partial charge in [0.1, 0.15) is 12.1 Å². The summed E-state index contributed by atoms with van der Waals surface area (Å²) in [4.78, 5) is 80.6. The van der Waals surface area contributed by atoms with Crippen molar-refractivity contribution in [3.63, 3.8) is 0 Å². The van der Waals surface area contributed by atoms with Gasteiger partial charge in [-0.25, -0.2) is 9.00 Å². The number of amides is 6. The summed E-state index contributed by atoms with van der Waals surface area (Å²) in [6, 6.07) is -4.55. The Bertz CT molecular complexity index is 1340. The van der Waals surface area contributed by atoms with Gasteiger partial charge in [0.2, 0.25) is 34.8 Å². The van der Waals surface area contributed by atoms with Gasteiger partial charge in [-0.3, -0.25) is 28.5 Å². The molecule has 0 saturated carbocycles. The molecule has 6 atom stereocenters. The van der Waals surface area contributed by atoms with Crippen LogP contribution in [0.3, 0.4) is 0 Å². The molecule has 1 aliphatic rings. The van der Waals surface area contributed by atoms with E-state index in [2.05, 4.69) is 33.2 Å². The van der Waals surface area contributed by atoms with Gasteiger partial charge in [0.15, 0.2) is 0 Å². The molecule has 1 heterocycles. The summed E-state index contributed by atoms with van der Waals surface area (Å²) in [6.45, 7) is 22.0. The van der Waals surface area contributed by atoms with Crippen LogP contribution < -0.4 is 26.6 Å². The zero-order valence-corrected chi connectivity index (χ0v) is 33.5. The molecule has 6 amide bonds. The Kier molecular flexibility index (Phi) is 18.9. The number of rotatable bonds is 19. The Morgan fingerprint density at radius 3 is 2.12 bits per heavy atom. The molecule has 16 heteroatoms. The summed E-state index contributed by atoms with van der Waals surface area (Å²) in [5.41, 5.74) is -0.470. The number of allylic oxidation sites excluding steroid dienone is 1. The van der Waals surface area contributed by atoms with Crippen molar-refractivity contribution in [2.24, 2.45) is 16.7 Å². The molecule has 0 radical (unpaired) electrons. The quantitative estimate of drug-likeness (QED) is 0.0655. The SMILES string of the molecule is C=CCNC(=O)C(=O)C(CCCC)NC(=O)[C@@H]1C(C=C(C)C)CCN1C(=O)[C@@H](NC(=O)N[C@H](CN(CCNC(C)=O)S(=O)O)C(C)(C)C)C(C)(C)C. The van der Waals surface area contributed by atoms with Crippen molar-refractivity contribution < 1.29 is 37.5 Å². The lowest BCUT2D eigenvalue weighted by molar-refractivity contribution is -0.144. The maximum absolute atomic E-state index is 14.4. The second kappa shape index (κ2) is 21.2. The highest BCUT2D eigenvalue weighted by atomic mass is 32.2. The van der Waals surface area contributed by atoms with Crippen LogP contribution in [0.1, 0.15) is 94.9 Å². The van der Waals surface area contributed by atoms with Crippen molar-refractivity contribution in [3.05, 3.63) is 24.3 Å². The van der Waals surface area contributed by atoms with E-state index < -0.39 is 75.8 Å². The molecule has 15 nitrogen and oxygen atoms in total. The van der Waals surface area contributed by atoms with Crippen molar-refractivity contribution in [1.29, 1.82) is 0 Å². The molecule has 0 bridgehead atoms. The van der Waals surface area contributed by atoms with Crippen LogP contribution in [0.15, 0.2) is 24.3 Å². The van der Waals surface area contributed by atoms with Gasteiger partial charge in [0.05, 0.1) is 6.04 Å². The number of likely N-dealkylation sites (tertiary alicyclic amines) is 1. The number of hydrogen-bond acceptors (Lipinski definition) is 7. The highest BCUT2D eigenvalue weighted by Crippen LogP contribution is 2.31. The molecule has 6 N–H and O–H groups in total. The molecule has 296 valence electrons. The predicted octanol–water partition coefficient (Wildman–Crippen LogP) is 2.42. The molecule has 1 saturated heterocycles. The maximum Gasteiger partial charge on any atom is 0.315 e. The van der Waals surface area contributed by atoms with Crippen LogP contribution in [0.2, 0.25) is 0 Å².